The topological polar surface area (TPSA) is 52.3 Å². The van der Waals surface area contributed by atoms with Gasteiger partial charge in [0.25, 0.3) is 0 Å². The lowest BCUT2D eigenvalue weighted by atomic mass is 10.1. The highest BCUT2D eigenvalue weighted by molar-refractivity contribution is 7.09. The van der Waals surface area contributed by atoms with Gasteiger partial charge in [-0.3, -0.25) is 0 Å². The fraction of sp³-hybridized carbons (Fsp3) is 0.214. The quantitative estimate of drug-likeness (QED) is 0.690. The zero-order chi connectivity index (χ0) is 15.5. The number of ether oxygens (including phenoxy) is 1. The normalized spacial score (nSPS) is 11.4. The van der Waals surface area contributed by atoms with Gasteiger partial charge in [0.2, 0.25) is 0 Å². The summed E-state index contributed by atoms with van der Waals surface area (Å²) in [7, 11) is 0. The van der Waals surface area contributed by atoms with Crippen LogP contribution in [0.15, 0.2) is 35.7 Å². The summed E-state index contributed by atoms with van der Waals surface area (Å²) in [5.41, 5.74) is 4.10. The summed E-state index contributed by atoms with van der Waals surface area (Å²) in [5.74, 6) is -0.815. The molecule has 7 heteroatoms. The van der Waals surface area contributed by atoms with Gasteiger partial charge in [-0.05, 0) is 29.6 Å². The van der Waals surface area contributed by atoms with Crippen LogP contribution in [0, 0.1) is 0 Å². The number of nitrogen functional groups attached to an aromatic ring is 1. The third-order valence-corrected chi connectivity index (χ3v) is 3.62. The lowest BCUT2D eigenvalue weighted by molar-refractivity contribution is -0.137. The molecular formula is C14H12F3NO2S. The van der Waals surface area contributed by atoms with Crippen LogP contribution in [0.1, 0.15) is 20.8 Å². The van der Waals surface area contributed by atoms with E-state index in [0.717, 1.165) is 17.0 Å². The largest absolute Gasteiger partial charge is 0.462 e. The van der Waals surface area contributed by atoms with Crippen LogP contribution in [-0.4, -0.2) is 12.6 Å². The van der Waals surface area contributed by atoms with E-state index in [1.54, 1.807) is 0 Å². The van der Waals surface area contributed by atoms with Gasteiger partial charge in [0.05, 0.1) is 17.7 Å². The summed E-state index contributed by atoms with van der Waals surface area (Å²) in [6, 6.07) is 6.45. The second-order valence-electron chi connectivity index (χ2n) is 4.31. The smallest absolute Gasteiger partial charge is 0.416 e. The first-order chi connectivity index (χ1) is 9.86. The number of anilines is 1. The van der Waals surface area contributed by atoms with Gasteiger partial charge < -0.3 is 10.5 Å². The summed E-state index contributed by atoms with van der Waals surface area (Å²) in [6.07, 6.45) is -4.03. The van der Waals surface area contributed by atoms with Gasteiger partial charge in [0.1, 0.15) is 0 Å². The molecule has 0 spiro atoms. The van der Waals surface area contributed by atoms with Crippen LogP contribution < -0.4 is 5.73 Å². The molecule has 1 aromatic heterocycles. The van der Waals surface area contributed by atoms with E-state index in [-0.39, 0.29) is 17.9 Å². The Labute approximate surface area is 123 Å². The molecular weight excluding hydrogens is 303 g/mol. The Morgan fingerprint density at radius 3 is 2.67 bits per heavy atom. The second kappa shape index (κ2) is 6.17. The molecule has 1 heterocycles. The average molecular weight is 315 g/mol. The predicted octanol–water partition coefficient (Wildman–Crippen LogP) is 3.75. The summed E-state index contributed by atoms with van der Waals surface area (Å²) >= 11 is 1.52. The highest BCUT2D eigenvalue weighted by Gasteiger charge is 2.31. The van der Waals surface area contributed by atoms with Crippen molar-refractivity contribution in [2.24, 2.45) is 0 Å². The fourth-order valence-corrected chi connectivity index (χ4v) is 2.41. The van der Waals surface area contributed by atoms with Crippen molar-refractivity contribution in [1.29, 1.82) is 0 Å². The minimum atomic E-state index is -4.55. The van der Waals surface area contributed by atoms with Crippen molar-refractivity contribution in [3.63, 3.8) is 0 Å². The molecule has 0 saturated heterocycles. The number of rotatable bonds is 4. The lowest BCUT2D eigenvalue weighted by Crippen LogP contribution is -2.12. The molecule has 2 rings (SSSR count). The van der Waals surface area contributed by atoms with Crippen LogP contribution in [0.3, 0.4) is 0 Å². The van der Waals surface area contributed by atoms with E-state index in [1.807, 2.05) is 17.5 Å². The van der Waals surface area contributed by atoms with Crippen molar-refractivity contribution in [3.05, 3.63) is 51.7 Å². The maximum absolute atomic E-state index is 12.6. The van der Waals surface area contributed by atoms with E-state index >= 15 is 0 Å². The molecule has 0 aliphatic heterocycles. The van der Waals surface area contributed by atoms with E-state index in [0.29, 0.717) is 6.42 Å². The predicted molar refractivity (Wildman–Crippen MR) is 74.2 cm³/mol. The maximum Gasteiger partial charge on any atom is 0.416 e. The van der Waals surface area contributed by atoms with Crippen LogP contribution in [0.25, 0.3) is 0 Å². The second-order valence-corrected chi connectivity index (χ2v) is 5.34. The Morgan fingerprint density at radius 1 is 1.29 bits per heavy atom. The van der Waals surface area contributed by atoms with E-state index in [9.17, 15) is 18.0 Å². The van der Waals surface area contributed by atoms with Gasteiger partial charge in [0.15, 0.2) is 0 Å². The van der Waals surface area contributed by atoms with Gasteiger partial charge in [-0.25, -0.2) is 4.79 Å². The number of carbonyl (C=O) groups excluding carboxylic acids is 1. The van der Waals surface area contributed by atoms with Crippen LogP contribution >= 0.6 is 11.3 Å². The zero-order valence-corrected chi connectivity index (χ0v) is 11.6. The SMILES string of the molecule is Nc1cc(C(=O)OCCc2cccs2)cc(C(F)(F)F)c1. The monoisotopic (exact) mass is 315 g/mol. The van der Waals surface area contributed by atoms with Crippen molar-refractivity contribution >= 4 is 23.0 Å². The summed E-state index contributed by atoms with van der Waals surface area (Å²) in [5, 5.41) is 1.89. The Morgan fingerprint density at radius 2 is 2.05 bits per heavy atom. The number of alkyl halides is 3. The van der Waals surface area contributed by atoms with Gasteiger partial charge in [-0.2, -0.15) is 13.2 Å². The first-order valence-corrected chi connectivity index (χ1v) is 6.91. The molecule has 2 N–H and O–H groups in total. The number of hydrogen-bond donors (Lipinski definition) is 1. The van der Waals surface area contributed by atoms with E-state index in [2.05, 4.69) is 0 Å². The Bertz CT molecular complexity index is 624. The molecule has 0 atom stereocenters. The minimum Gasteiger partial charge on any atom is -0.462 e. The van der Waals surface area contributed by atoms with Crippen LogP contribution in [0.4, 0.5) is 18.9 Å². The molecule has 0 bridgehead atoms. The Hall–Kier alpha value is -2.02. The van der Waals surface area contributed by atoms with E-state index in [4.69, 9.17) is 10.5 Å². The summed E-state index contributed by atoms with van der Waals surface area (Å²) < 4.78 is 42.9. The highest BCUT2D eigenvalue weighted by atomic mass is 32.1. The number of carbonyl (C=O) groups is 1. The molecule has 0 radical (unpaired) electrons. The van der Waals surface area contributed by atoms with Crippen LogP contribution in [-0.2, 0) is 17.3 Å². The van der Waals surface area contributed by atoms with Crippen LogP contribution in [0.2, 0.25) is 0 Å². The molecule has 21 heavy (non-hydrogen) atoms. The highest BCUT2D eigenvalue weighted by Crippen LogP contribution is 2.31. The number of hydrogen-bond acceptors (Lipinski definition) is 4. The van der Waals surface area contributed by atoms with Crippen LogP contribution in [0.5, 0.6) is 0 Å². The van der Waals surface area contributed by atoms with Crippen molar-refractivity contribution in [2.75, 3.05) is 12.3 Å². The molecule has 0 amide bonds. The Balaban J connectivity index is 2.03. The maximum atomic E-state index is 12.6. The molecule has 0 aliphatic rings. The Kier molecular flexibility index (Phi) is 4.52. The third kappa shape index (κ3) is 4.22. The number of halogens is 3. The first-order valence-electron chi connectivity index (χ1n) is 6.03. The molecule has 112 valence electrons. The molecule has 3 nitrogen and oxygen atoms in total. The van der Waals surface area contributed by atoms with Crippen molar-refractivity contribution in [3.8, 4) is 0 Å². The fourth-order valence-electron chi connectivity index (χ4n) is 1.72. The van der Waals surface area contributed by atoms with Gasteiger partial charge in [-0.15, -0.1) is 11.3 Å². The van der Waals surface area contributed by atoms with Crippen molar-refractivity contribution in [1.82, 2.24) is 0 Å². The van der Waals surface area contributed by atoms with Gasteiger partial charge in [-0.1, -0.05) is 6.07 Å². The number of benzene rings is 1. The van der Waals surface area contributed by atoms with E-state index < -0.39 is 17.7 Å². The molecule has 0 fully saturated rings. The molecule has 0 unspecified atom stereocenters. The molecule has 0 saturated carbocycles. The molecule has 2 aromatic rings. The summed E-state index contributed by atoms with van der Waals surface area (Å²) in [6.45, 7) is 0.107. The van der Waals surface area contributed by atoms with Crippen molar-refractivity contribution in [2.45, 2.75) is 12.6 Å². The number of nitrogens with two attached hydrogens (primary N) is 1. The molecule has 1 aromatic carbocycles. The summed E-state index contributed by atoms with van der Waals surface area (Å²) in [4.78, 5) is 12.8. The first kappa shape index (κ1) is 15.4. The van der Waals surface area contributed by atoms with E-state index in [1.165, 1.54) is 17.4 Å². The minimum absolute atomic E-state index is 0.107. The lowest BCUT2D eigenvalue weighted by Gasteiger charge is -2.10. The average Bonchev–Trinajstić information content (AvgIpc) is 2.90. The van der Waals surface area contributed by atoms with Gasteiger partial charge >= 0.3 is 12.1 Å². The third-order valence-electron chi connectivity index (χ3n) is 2.68. The number of esters is 1. The van der Waals surface area contributed by atoms with Gasteiger partial charge in [0, 0.05) is 17.0 Å². The standard InChI is InChI=1S/C14H12F3NO2S/c15-14(16,17)10-6-9(7-11(18)8-10)13(19)20-4-3-12-2-1-5-21-12/h1-2,5-8H,3-4,18H2. The number of thiophene rings is 1. The van der Waals surface area contributed by atoms with Crippen molar-refractivity contribution < 1.29 is 22.7 Å². The zero-order valence-electron chi connectivity index (χ0n) is 10.8. The molecule has 0 aliphatic carbocycles.